The summed E-state index contributed by atoms with van der Waals surface area (Å²) in [7, 11) is 0. The van der Waals surface area contributed by atoms with E-state index in [4.69, 9.17) is 11.6 Å². The first-order chi connectivity index (χ1) is 18.4. The van der Waals surface area contributed by atoms with Crippen molar-refractivity contribution in [2.24, 2.45) is 0 Å². The number of carbonyl (C=O) groups excluding carboxylic acids is 4. The molecule has 2 aromatic carbocycles. The quantitative estimate of drug-likeness (QED) is 0.308. The Morgan fingerprint density at radius 3 is 2.44 bits per heavy atom. The average molecular weight is 582 g/mol. The van der Waals surface area contributed by atoms with Gasteiger partial charge in [0.05, 0.1) is 11.0 Å². The van der Waals surface area contributed by atoms with Crippen LogP contribution in [0.2, 0.25) is 5.02 Å². The normalized spacial score (nSPS) is 12.7. The number of halogens is 4. The van der Waals surface area contributed by atoms with Crippen molar-refractivity contribution in [2.45, 2.75) is 44.6 Å². The summed E-state index contributed by atoms with van der Waals surface area (Å²) in [6, 6.07) is 9.11. The van der Waals surface area contributed by atoms with E-state index in [1.165, 1.54) is 18.3 Å². The van der Waals surface area contributed by atoms with Crippen LogP contribution in [0.15, 0.2) is 60.1 Å². The van der Waals surface area contributed by atoms with Gasteiger partial charge < -0.3 is 15.4 Å². The monoisotopic (exact) mass is 581 g/mol. The predicted molar refractivity (Wildman–Crippen MR) is 138 cm³/mol. The maximum atomic E-state index is 13.0. The molecule has 0 saturated carbocycles. The summed E-state index contributed by atoms with van der Waals surface area (Å²) in [6.45, 7) is 1.32. The lowest BCUT2D eigenvalue weighted by Crippen LogP contribution is -2.52. The van der Waals surface area contributed by atoms with Crippen molar-refractivity contribution in [1.82, 2.24) is 15.6 Å². The molecule has 13 heteroatoms. The first-order valence-corrected chi connectivity index (χ1v) is 12.8. The van der Waals surface area contributed by atoms with Gasteiger partial charge >= 0.3 is 6.36 Å². The van der Waals surface area contributed by atoms with Crippen LogP contribution in [0.5, 0.6) is 5.75 Å². The number of thiazole rings is 1. The van der Waals surface area contributed by atoms with Gasteiger partial charge in [-0.3, -0.25) is 19.2 Å². The third-order valence-electron chi connectivity index (χ3n) is 5.35. The summed E-state index contributed by atoms with van der Waals surface area (Å²) in [5.41, 5.74) is 0.410. The fourth-order valence-corrected chi connectivity index (χ4v) is 4.35. The van der Waals surface area contributed by atoms with Crippen LogP contribution in [-0.4, -0.2) is 46.8 Å². The number of rotatable bonds is 12. The maximum Gasteiger partial charge on any atom is 0.573 e. The van der Waals surface area contributed by atoms with E-state index in [2.05, 4.69) is 20.4 Å². The zero-order chi connectivity index (χ0) is 28.6. The van der Waals surface area contributed by atoms with Crippen LogP contribution in [0.1, 0.15) is 34.3 Å². The molecule has 39 heavy (non-hydrogen) atoms. The molecule has 2 atom stereocenters. The highest BCUT2D eigenvalue weighted by Crippen LogP contribution is 2.27. The van der Waals surface area contributed by atoms with Gasteiger partial charge in [-0.05, 0) is 30.7 Å². The van der Waals surface area contributed by atoms with Crippen LogP contribution in [0.25, 0.3) is 0 Å². The Balaban J connectivity index is 1.69. The van der Waals surface area contributed by atoms with Crippen molar-refractivity contribution < 1.29 is 37.1 Å². The number of aromatic nitrogens is 1. The maximum absolute atomic E-state index is 13.0. The number of Topliss-reactive ketones (excluding diaryl/α,β-unsaturated/α-hetero) is 2. The number of ether oxygens (including phenoxy) is 1. The summed E-state index contributed by atoms with van der Waals surface area (Å²) in [5.74, 6) is -3.87. The molecule has 1 aromatic heterocycles. The minimum Gasteiger partial charge on any atom is -0.406 e. The van der Waals surface area contributed by atoms with Gasteiger partial charge in [-0.1, -0.05) is 41.9 Å². The lowest BCUT2D eigenvalue weighted by molar-refractivity contribution is -0.274. The standard InChI is InChI=1S/C26H23ClF3N3O5S/c1-15(32-25(37)17-12-18(27)14-19(13-17)38-26(28,29)30)24(36)33-20(11-16-5-3-2-4-6-16)23(35)21(34)7-8-22-31-9-10-39-22/h2-6,9-10,12-15,20H,7-8,11H2,1H3,(H,32,37)(H,33,36)/t15-,20-/m1/s1. The zero-order valence-corrected chi connectivity index (χ0v) is 22.0. The molecule has 0 spiro atoms. The second kappa shape index (κ2) is 13.3. The number of nitrogens with zero attached hydrogens (tertiary/aromatic N) is 1. The minimum atomic E-state index is -5.00. The highest BCUT2D eigenvalue weighted by atomic mass is 35.5. The Bertz CT molecular complexity index is 1320. The average Bonchev–Trinajstić information content (AvgIpc) is 3.39. The van der Waals surface area contributed by atoms with Crippen molar-refractivity contribution in [1.29, 1.82) is 0 Å². The molecule has 0 fully saturated rings. The molecule has 1 heterocycles. The van der Waals surface area contributed by atoms with Crippen LogP contribution < -0.4 is 15.4 Å². The molecule has 0 radical (unpaired) electrons. The molecule has 2 amide bonds. The van der Waals surface area contributed by atoms with E-state index in [-0.39, 0.29) is 29.8 Å². The Morgan fingerprint density at radius 1 is 1.08 bits per heavy atom. The summed E-state index contributed by atoms with van der Waals surface area (Å²) in [6.07, 6.45) is -3.18. The fraction of sp³-hybridized carbons (Fsp3) is 0.269. The molecule has 0 aliphatic heterocycles. The molecular weight excluding hydrogens is 559 g/mol. The Kier molecular flexibility index (Phi) is 10.2. The van der Waals surface area contributed by atoms with Gasteiger partial charge in [0.25, 0.3) is 5.91 Å². The van der Waals surface area contributed by atoms with E-state index in [1.807, 2.05) is 0 Å². The van der Waals surface area contributed by atoms with Gasteiger partial charge in [0.1, 0.15) is 11.8 Å². The first kappa shape index (κ1) is 29.8. The molecule has 3 aromatic rings. The summed E-state index contributed by atoms with van der Waals surface area (Å²) >= 11 is 7.17. The minimum absolute atomic E-state index is 0.0293. The van der Waals surface area contributed by atoms with Crippen LogP contribution in [0.4, 0.5) is 13.2 Å². The zero-order valence-electron chi connectivity index (χ0n) is 20.5. The van der Waals surface area contributed by atoms with Crippen molar-refractivity contribution in [2.75, 3.05) is 0 Å². The lowest BCUT2D eigenvalue weighted by atomic mass is 9.97. The van der Waals surface area contributed by atoms with Gasteiger partial charge in [0, 0.05) is 41.4 Å². The number of aryl methyl sites for hydroxylation is 1. The van der Waals surface area contributed by atoms with Gasteiger partial charge in [-0.25, -0.2) is 4.98 Å². The van der Waals surface area contributed by atoms with Gasteiger partial charge in [-0.15, -0.1) is 24.5 Å². The lowest BCUT2D eigenvalue weighted by Gasteiger charge is -2.21. The highest BCUT2D eigenvalue weighted by molar-refractivity contribution is 7.09. The van der Waals surface area contributed by atoms with Crippen molar-refractivity contribution in [3.63, 3.8) is 0 Å². The third-order valence-corrected chi connectivity index (χ3v) is 6.41. The molecule has 0 unspecified atom stereocenters. The molecular formula is C26H23ClF3N3O5S. The van der Waals surface area contributed by atoms with Crippen LogP contribution in [0.3, 0.4) is 0 Å². The third kappa shape index (κ3) is 9.48. The number of nitrogens with one attached hydrogen (secondary N) is 2. The number of benzene rings is 2. The smallest absolute Gasteiger partial charge is 0.406 e. The van der Waals surface area contributed by atoms with Crippen molar-refractivity contribution in [3.8, 4) is 5.75 Å². The van der Waals surface area contributed by atoms with E-state index in [0.717, 1.165) is 18.2 Å². The predicted octanol–water partition coefficient (Wildman–Crippen LogP) is 4.31. The summed E-state index contributed by atoms with van der Waals surface area (Å²) in [5, 5.41) is 7.12. The molecule has 8 nitrogen and oxygen atoms in total. The van der Waals surface area contributed by atoms with E-state index < -0.39 is 47.6 Å². The van der Waals surface area contributed by atoms with Crippen LogP contribution in [-0.2, 0) is 27.2 Å². The Morgan fingerprint density at radius 2 is 1.79 bits per heavy atom. The first-order valence-electron chi connectivity index (χ1n) is 11.6. The molecule has 0 aliphatic carbocycles. The van der Waals surface area contributed by atoms with Gasteiger partial charge in [0.15, 0.2) is 0 Å². The van der Waals surface area contributed by atoms with Crippen LogP contribution in [0, 0.1) is 0 Å². The highest BCUT2D eigenvalue weighted by Gasteiger charge is 2.32. The van der Waals surface area contributed by atoms with Gasteiger partial charge in [0.2, 0.25) is 17.5 Å². The van der Waals surface area contributed by atoms with Crippen molar-refractivity contribution in [3.05, 3.63) is 81.3 Å². The fourth-order valence-electron chi connectivity index (χ4n) is 3.50. The number of amides is 2. The second-order valence-corrected chi connectivity index (χ2v) is 9.80. The van der Waals surface area contributed by atoms with Crippen LogP contribution >= 0.6 is 22.9 Å². The van der Waals surface area contributed by atoms with Crippen molar-refractivity contribution >= 4 is 46.3 Å². The topological polar surface area (TPSA) is 114 Å². The molecule has 0 saturated heterocycles. The number of hydrogen-bond acceptors (Lipinski definition) is 7. The number of hydrogen-bond donors (Lipinski definition) is 2. The number of ketones is 2. The number of carbonyl (C=O) groups is 4. The molecule has 2 N–H and O–H groups in total. The van der Waals surface area contributed by atoms with E-state index >= 15 is 0 Å². The molecule has 0 aliphatic rings. The summed E-state index contributed by atoms with van der Waals surface area (Å²) in [4.78, 5) is 55.3. The Hall–Kier alpha value is -3.77. The second-order valence-electron chi connectivity index (χ2n) is 8.38. The van der Waals surface area contributed by atoms with E-state index in [9.17, 15) is 32.3 Å². The largest absolute Gasteiger partial charge is 0.573 e. The van der Waals surface area contributed by atoms with Gasteiger partial charge in [-0.2, -0.15) is 0 Å². The summed E-state index contributed by atoms with van der Waals surface area (Å²) < 4.78 is 41.5. The number of alkyl halides is 3. The molecule has 3 rings (SSSR count). The molecule has 206 valence electrons. The SMILES string of the molecule is C[C@@H](NC(=O)c1cc(Cl)cc(OC(F)(F)F)c1)C(=O)N[C@H](Cc1ccccc1)C(=O)C(=O)CCc1nccs1. The van der Waals surface area contributed by atoms with E-state index in [0.29, 0.717) is 10.6 Å². The Labute approximate surface area is 230 Å². The van der Waals surface area contributed by atoms with E-state index in [1.54, 1.807) is 41.9 Å². The molecule has 0 bridgehead atoms.